The van der Waals surface area contributed by atoms with Crippen molar-refractivity contribution in [3.8, 4) is 5.75 Å². The van der Waals surface area contributed by atoms with Crippen LogP contribution in [-0.4, -0.2) is 38.2 Å². The highest BCUT2D eigenvalue weighted by atomic mass is 32.2. The number of hydrogen-bond acceptors (Lipinski definition) is 5. The number of anilines is 1. The molecule has 0 saturated heterocycles. The number of ether oxygens (including phenoxy) is 2. The number of nitrogens with one attached hydrogen (secondary N) is 2. The number of halogens is 4. The van der Waals surface area contributed by atoms with Crippen LogP contribution in [0.3, 0.4) is 0 Å². The number of rotatable bonds is 6. The van der Waals surface area contributed by atoms with Gasteiger partial charge in [-0.3, -0.25) is 4.72 Å². The molecule has 0 spiro atoms. The second-order valence-electron chi connectivity index (χ2n) is 5.80. The Morgan fingerprint density at radius 1 is 1.37 bits per heavy atom. The van der Waals surface area contributed by atoms with E-state index < -0.39 is 40.0 Å². The fourth-order valence-corrected chi connectivity index (χ4v) is 4.16. The molecule has 0 saturated carbocycles. The molecular formula is C15H15F4N3O4S. The Morgan fingerprint density at radius 3 is 2.78 bits per heavy atom. The number of pyridine rings is 1. The molecule has 0 radical (unpaired) electrons. The lowest BCUT2D eigenvalue weighted by Gasteiger charge is -2.21. The van der Waals surface area contributed by atoms with Crippen molar-refractivity contribution in [1.29, 1.82) is 0 Å². The number of aromatic nitrogens is 2. The van der Waals surface area contributed by atoms with Crippen LogP contribution < -0.4 is 9.46 Å². The SMILES string of the molecule is COC1CCc2c(S(=O)(=O)Nc3nc(F)c(OC(F)F)cc3F)c[nH]c2C1. The van der Waals surface area contributed by atoms with Crippen molar-refractivity contribution in [2.24, 2.45) is 0 Å². The van der Waals surface area contributed by atoms with Gasteiger partial charge in [0.15, 0.2) is 17.4 Å². The van der Waals surface area contributed by atoms with Crippen molar-refractivity contribution >= 4 is 15.8 Å². The van der Waals surface area contributed by atoms with E-state index in [0.29, 0.717) is 36.6 Å². The molecule has 1 aliphatic rings. The summed E-state index contributed by atoms with van der Waals surface area (Å²) < 4.78 is 87.9. The van der Waals surface area contributed by atoms with Gasteiger partial charge in [0.2, 0.25) is 0 Å². The van der Waals surface area contributed by atoms with E-state index in [1.165, 1.54) is 6.20 Å². The Morgan fingerprint density at radius 2 is 2.11 bits per heavy atom. The van der Waals surface area contributed by atoms with Gasteiger partial charge in [0.25, 0.3) is 16.0 Å². The molecule has 2 N–H and O–H groups in total. The van der Waals surface area contributed by atoms with Crippen molar-refractivity contribution in [2.75, 3.05) is 11.8 Å². The summed E-state index contributed by atoms with van der Waals surface area (Å²) in [6.07, 6.45) is 2.70. The monoisotopic (exact) mass is 409 g/mol. The third-order valence-electron chi connectivity index (χ3n) is 4.15. The number of nitrogens with zero attached hydrogens (tertiary/aromatic N) is 1. The van der Waals surface area contributed by atoms with Crippen LogP contribution in [0, 0.1) is 11.8 Å². The zero-order chi connectivity index (χ0) is 19.8. The number of fused-ring (bicyclic) bond motifs is 1. The zero-order valence-corrected chi connectivity index (χ0v) is 14.7. The molecule has 2 aromatic heterocycles. The number of aromatic amines is 1. The molecule has 0 fully saturated rings. The lowest BCUT2D eigenvalue weighted by molar-refractivity contribution is -0.0528. The van der Waals surface area contributed by atoms with Gasteiger partial charge in [0, 0.05) is 31.5 Å². The summed E-state index contributed by atoms with van der Waals surface area (Å²) in [5.74, 6) is -5.03. The third-order valence-corrected chi connectivity index (χ3v) is 5.56. The van der Waals surface area contributed by atoms with Crippen molar-refractivity contribution in [1.82, 2.24) is 9.97 Å². The van der Waals surface area contributed by atoms with E-state index in [1.54, 1.807) is 7.11 Å². The largest absolute Gasteiger partial charge is 0.430 e. The van der Waals surface area contributed by atoms with Gasteiger partial charge < -0.3 is 14.5 Å². The summed E-state index contributed by atoms with van der Waals surface area (Å²) in [7, 11) is -2.73. The second-order valence-corrected chi connectivity index (χ2v) is 7.45. The van der Waals surface area contributed by atoms with Gasteiger partial charge in [-0.15, -0.1) is 0 Å². The summed E-state index contributed by atoms with van der Waals surface area (Å²) >= 11 is 0. The average molecular weight is 409 g/mol. The highest BCUT2D eigenvalue weighted by molar-refractivity contribution is 7.92. The predicted molar refractivity (Wildman–Crippen MR) is 85.2 cm³/mol. The second kappa shape index (κ2) is 7.35. The van der Waals surface area contributed by atoms with Gasteiger partial charge in [-0.05, 0) is 18.4 Å². The van der Waals surface area contributed by atoms with Gasteiger partial charge in [-0.2, -0.15) is 18.2 Å². The van der Waals surface area contributed by atoms with Crippen LogP contribution in [0.15, 0.2) is 17.2 Å². The molecule has 1 unspecified atom stereocenters. The maximum atomic E-state index is 14.0. The zero-order valence-electron chi connectivity index (χ0n) is 13.9. The van der Waals surface area contributed by atoms with Crippen LogP contribution in [0.5, 0.6) is 5.75 Å². The normalized spacial score (nSPS) is 17.0. The number of sulfonamides is 1. The topological polar surface area (TPSA) is 93.3 Å². The van der Waals surface area contributed by atoms with Crippen LogP contribution in [-0.2, 0) is 27.6 Å². The lowest BCUT2D eigenvalue weighted by Crippen LogP contribution is -2.23. The Balaban J connectivity index is 1.88. The molecule has 1 atom stereocenters. The van der Waals surface area contributed by atoms with Gasteiger partial charge >= 0.3 is 6.61 Å². The van der Waals surface area contributed by atoms with Crippen molar-refractivity contribution < 1.29 is 35.5 Å². The molecule has 1 aliphatic carbocycles. The molecule has 0 amide bonds. The van der Waals surface area contributed by atoms with Crippen LogP contribution in [0.1, 0.15) is 17.7 Å². The predicted octanol–water partition coefficient (Wildman–Crippen LogP) is 2.59. The maximum absolute atomic E-state index is 14.0. The van der Waals surface area contributed by atoms with E-state index in [0.717, 1.165) is 0 Å². The van der Waals surface area contributed by atoms with Crippen LogP contribution >= 0.6 is 0 Å². The Kier molecular flexibility index (Phi) is 5.29. The van der Waals surface area contributed by atoms with Gasteiger partial charge in [0.1, 0.15) is 4.90 Å². The first-order valence-electron chi connectivity index (χ1n) is 7.77. The molecular weight excluding hydrogens is 394 g/mol. The molecule has 27 heavy (non-hydrogen) atoms. The Hall–Kier alpha value is -2.34. The van der Waals surface area contributed by atoms with E-state index >= 15 is 0 Å². The number of hydrogen-bond donors (Lipinski definition) is 2. The van der Waals surface area contributed by atoms with E-state index in [9.17, 15) is 26.0 Å². The van der Waals surface area contributed by atoms with Gasteiger partial charge in [-0.25, -0.2) is 12.8 Å². The first kappa shape index (κ1) is 19.4. The maximum Gasteiger partial charge on any atom is 0.387 e. The summed E-state index contributed by atoms with van der Waals surface area (Å²) in [5, 5.41) is 0. The standard InChI is InChI=1S/C15H15F4N3O4S/c1-25-7-2-3-8-10(4-7)20-6-12(8)27(23,24)22-14-9(16)5-11(13(17)21-14)26-15(18)19/h5-7,15,20H,2-4H2,1H3,(H,21,22). The number of alkyl halides is 2. The average Bonchev–Trinajstić information content (AvgIpc) is 3.02. The lowest BCUT2D eigenvalue weighted by atomic mass is 9.95. The van der Waals surface area contributed by atoms with Gasteiger partial charge in [0.05, 0.1) is 6.10 Å². The number of H-pyrrole nitrogens is 1. The molecule has 2 aromatic rings. The number of methoxy groups -OCH3 is 1. The fourth-order valence-electron chi connectivity index (χ4n) is 2.89. The summed E-state index contributed by atoms with van der Waals surface area (Å²) in [5.41, 5.74) is 1.20. The molecule has 148 valence electrons. The van der Waals surface area contributed by atoms with E-state index in [4.69, 9.17) is 4.74 Å². The highest BCUT2D eigenvalue weighted by Gasteiger charge is 2.29. The minimum atomic E-state index is -4.29. The molecule has 3 rings (SSSR count). The fraction of sp³-hybridized carbons (Fsp3) is 0.400. The molecule has 0 bridgehead atoms. The molecule has 2 heterocycles. The van der Waals surface area contributed by atoms with Crippen LogP contribution in [0.4, 0.5) is 23.4 Å². The minimum Gasteiger partial charge on any atom is -0.430 e. The quantitative estimate of drug-likeness (QED) is 0.565. The van der Waals surface area contributed by atoms with Gasteiger partial charge in [-0.1, -0.05) is 0 Å². The first-order chi connectivity index (χ1) is 12.7. The minimum absolute atomic E-state index is 0.0461. The summed E-state index contributed by atoms with van der Waals surface area (Å²) in [6.45, 7) is -3.38. The van der Waals surface area contributed by atoms with Crippen LogP contribution in [0.25, 0.3) is 0 Å². The van der Waals surface area contributed by atoms with Crippen molar-refractivity contribution in [3.63, 3.8) is 0 Å². The smallest absolute Gasteiger partial charge is 0.387 e. The van der Waals surface area contributed by atoms with Crippen LogP contribution in [0.2, 0.25) is 0 Å². The highest BCUT2D eigenvalue weighted by Crippen LogP contribution is 2.30. The summed E-state index contributed by atoms with van der Waals surface area (Å²) in [4.78, 5) is 5.76. The third kappa shape index (κ3) is 4.00. The Labute approximate surface area is 151 Å². The molecule has 0 aromatic carbocycles. The van der Waals surface area contributed by atoms with E-state index in [2.05, 4.69) is 14.7 Å². The Bertz CT molecular complexity index is 949. The van der Waals surface area contributed by atoms with Crippen molar-refractivity contribution in [2.45, 2.75) is 36.9 Å². The van der Waals surface area contributed by atoms with Crippen molar-refractivity contribution in [3.05, 3.63) is 35.3 Å². The first-order valence-corrected chi connectivity index (χ1v) is 9.25. The molecule has 0 aliphatic heterocycles. The molecule has 12 heteroatoms. The van der Waals surface area contributed by atoms with E-state index in [1.807, 2.05) is 4.72 Å². The summed E-state index contributed by atoms with van der Waals surface area (Å²) in [6, 6.07) is 0.294. The molecule has 7 nitrogen and oxygen atoms in total. The van der Waals surface area contributed by atoms with E-state index in [-0.39, 0.29) is 11.0 Å².